The molecule has 0 aliphatic carbocycles. The van der Waals surface area contributed by atoms with Crippen molar-refractivity contribution in [1.82, 2.24) is 0 Å². The predicted octanol–water partition coefficient (Wildman–Crippen LogP) is 2.71. The number of Topliss-reactive ketones (excluding diaryl/α,β-unsaturated/α-hetero) is 2. The van der Waals surface area contributed by atoms with Crippen LogP contribution in [0.15, 0.2) is 0 Å². The van der Waals surface area contributed by atoms with Crippen molar-refractivity contribution in [1.29, 1.82) is 0 Å². The minimum Gasteiger partial charge on any atom is -0.397 e. The fourth-order valence-electron chi connectivity index (χ4n) is 2.15. The SMILES string of the molecule is CCCC[Si](OC)(OC)C(C(C)=O)C(=O)C(C)C. The van der Waals surface area contributed by atoms with Gasteiger partial charge in [-0.25, -0.2) is 0 Å². The maximum Gasteiger partial charge on any atom is 0.356 e. The summed E-state index contributed by atoms with van der Waals surface area (Å²) in [7, 11) is 0.319. The van der Waals surface area contributed by atoms with E-state index < -0.39 is 14.1 Å². The Kier molecular flexibility index (Phi) is 7.59. The van der Waals surface area contributed by atoms with Crippen LogP contribution in [0.1, 0.15) is 40.5 Å². The first kappa shape index (κ1) is 17.5. The Morgan fingerprint density at radius 2 is 1.67 bits per heavy atom. The standard InChI is InChI=1S/C13H26O4Si/c1-7-8-9-18(16-5,17-6)13(11(4)14)12(15)10(2)3/h10,13H,7-9H2,1-6H3. The van der Waals surface area contributed by atoms with Crippen molar-refractivity contribution in [3.8, 4) is 0 Å². The van der Waals surface area contributed by atoms with Crippen LogP contribution in [0.25, 0.3) is 0 Å². The molecule has 0 saturated heterocycles. The highest BCUT2D eigenvalue weighted by atomic mass is 28.4. The van der Waals surface area contributed by atoms with Gasteiger partial charge in [-0.15, -0.1) is 0 Å². The lowest BCUT2D eigenvalue weighted by molar-refractivity contribution is -0.128. The van der Waals surface area contributed by atoms with Gasteiger partial charge >= 0.3 is 8.56 Å². The van der Waals surface area contributed by atoms with Crippen LogP contribution in [-0.4, -0.2) is 34.3 Å². The highest BCUT2D eigenvalue weighted by molar-refractivity contribution is 6.76. The molecular formula is C13H26O4Si. The minimum atomic E-state index is -2.78. The third kappa shape index (κ3) is 4.00. The maximum atomic E-state index is 12.3. The Morgan fingerprint density at radius 3 is 1.94 bits per heavy atom. The van der Waals surface area contributed by atoms with E-state index in [0.717, 1.165) is 12.8 Å². The highest BCUT2D eigenvalue weighted by Gasteiger charge is 2.51. The van der Waals surface area contributed by atoms with Gasteiger partial charge in [0.15, 0.2) is 0 Å². The Balaban J connectivity index is 5.35. The second-order valence-corrected chi connectivity index (χ2v) is 8.44. The molecule has 0 aromatic carbocycles. The van der Waals surface area contributed by atoms with Crippen molar-refractivity contribution >= 4 is 20.1 Å². The quantitative estimate of drug-likeness (QED) is 0.479. The van der Waals surface area contributed by atoms with E-state index >= 15 is 0 Å². The van der Waals surface area contributed by atoms with E-state index in [1.807, 2.05) is 13.8 Å². The molecule has 0 aliphatic rings. The second-order valence-electron chi connectivity index (χ2n) is 4.92. The average molecular weight is 274 g/mol. The van der Waals surface area contributed by atoms with Crippen LogP contribution in [-0.2, 0) is 18.4 Å². The number of unbranched alkanes of at least 4 members (excludes halogenated alkanes) is 1. The van der Waals surface area contributed by atoms with E-state index in [4.69, 9.17) is 8.85 Å². The molecule has 1 atom stereocenters. The molecule has 1 unspecified atom stereocenters. The summed E-state index contributed by atoms with van der Waals surface area (Å²) in [6.07, 6.45) is 1.89. The van der Waals surface area contributed by atoms with Gasteiger partial charge in [-0.1, -0.05) is 33.6 Å². The summed E-state index contributed by atoms with van der Waals surface area (Å²) in [4.78, 5) is 24.1. The highest BCUT2D eigenvalue weighted by Crippen LogP contribution is 2.33. The Morgan fingerprint density at radius 1 is 1.17 bits per heavy atom. The van der Waals surface area contributed by atoms with E-state index in [2.05, 4.69) is 6.92 Å². The normalized spacial score (nSPS) is 13.7. The van der Waals surface area contributed by atoms with E-state index in [-0.39, 0.29) is 17.5 Å². The molecule has 0 rings (SSSR count). The summed E-state index contributed by atoms with van der Waals surface area (Å²) < 4.78 is 11.1. The predicted molar refractivity (Wildman–Crippen MR) is 73.8 cm³/mol. The first-order valence-electron chi connectivity index (χ1n) is 6.50. The van der Waals surface area contributed by atoms with Crippen LogP contribution < -0.4 is 0 Å². The third-order valence-corrected chi connectivity index (χ3v) is 7.27. The lowest BCUT2D eigenvalue weighted by Crippen LogP contribution is -2.51. The van der Waals surface area contributed by atoms with Gasteiger partial charge in [-0.05, 0) is 13.0 Å². The van der Waals surface area contributed by atoms with Crippen LogP contribution in [0.5, 0.6) is 0 Å². The smallest absolute Gasteiger partial charge is 0.356 e. The minimum absolute atomic E-state index is 0.0611. The molecule has 106 valence electrons. The van der Waals surface area contributed by atoms with Gasteiger partial charge in [0.2, 0.25) is 0 Å². The van der Waals surface area contributed by atoms with Gasteiger partial charge in [-0.3, -0.25) is 9.59 Å². The van der Waals surface area contributed by atoms with Crippen LogP contribution in [0.2, 0.25) is 11.6 Å². The van der Waals surface area contributed by atoms with Gasteiger partial charge in [0.25, 0.3) is 0 Å². The lowest BCUT2D eigenvalue weighted by Gasteiger charge is -2.33. The number of carbonyl (C=O) groups is 2. The van der Waals surface area contributed by atoms with E-state index in [9.17, 15) is 9.59 Å². The second kappa shape index (κ2) is 7.81. The zero-order valence-corrected chi connectivity index (χ0v) is 13.4. The first-order chi connectivity index (χ1) is 8.36. The van der Waals surface area contributed by atoms with Crippen LogP contribution in [0, 0.1) is 5.92 Å². The summed E-state index contributed by atoms with van der Waals surface area (Å²) in [6, 6.07) is 0.680. The molecule has 0 amide bonds. The van der Waals surface area contributed by atoms with Crippen LogP contribution in [0.3, 0.4) is 0 Å². The molecule has 0 N–H and O–H groups in total. The van der Waals surface area contributed by atoms with Crippen molar-refractivity contribution in [2.45, 2.75) is 52.1 Å². The first-order valence-corrected chi connectivity index (χ1v) is 8.60. The molecule has 0 fully saturated rings. The number of ketones is 2. The Hall–Kier alpha value is -0.523. The molecular weight excluding hydrogens is 248 g/mol. The van der Waals surface area contributed by atoms with Crippen LogP contribution in [0.4, 0.5) is 0 Å². The molecule has 4 nitrogen and oxygen atoms in total. The molecule has 0 aromatic heterocycles. The maximum absolute atomic E-state index is 12.3. The van der Waals surface area contributed by atoms with Crippen molar-refractivity contribution < 1.29 is 18.4 Å². The Bertz CT molecular complexity index is 285. The van der Waals surface area contributed by atoms with Crippen molar-refractivity contribution in [2.75, 3.05) is 14.2 Å². The zero-order chi connectivity index (χ0) is 14.3. The summed E-state index contributed by atoms with van der Waals surface area (Å²) in [5.74, 6) is -0.383. The van der Waals surface area contributed by atoms with E-state index in [0.29, 0.717) is 6.04 Å². The summed E-state index contributed by atoms with van der Waals surface area (Å²) in [5.41, 5.74) is -0.709. The van der Waals surface area contributed by atoms with Gasteiger partial charge < -0.3 is 8.85 Å². The fourth-order valence-corrected chi connectivity index (χ4v) is 5.72. The number of rotatable bonds is 9. The van der Waals surface area contributed by atoms with Crippen molar-refractivity contribution in [3.05, 3.63) is 0 Å². The molecule has 0 aromatic rings. The average Bonchev–Trinajstić information content (AvgIpc) is 2.33. The molecule has 0 radical (unpaired) electrons. The molecule has 0 spiro atoms. The van der Waals surface area contributed by atoms with E-state index in [1.165, 1.54) is 6.92 Å². The Labute approximate surface area is 111 Å². The fraction of sp³-hybridized carbons (Fsp3) is 0.846. The molecule has 0 bridgehead atoms. The number of hydrogen-bond acceptors (Lipinski definition) is 4. The molecule has 0 aliphatic heterocycles. The molecule has 0 saturated carbocycles. The number of carbonyl (C=O) groups excluding carboxylic acids is 2. The number of hydrogen-bond donors (Lipinski definition) is 0. The largest absolute Gasteiger partial charge is 0.397 e. The van der Waals surface area contributed by atoms with E-state index in [1.54, 1.807) is 14.2 Å². The monoisotopic (exact) mass is 274 g/mol. The van der Waals surface area contributed by atoms with Crippen molar-refractivity contribution in [3.63, 3.8) is 0 Å². The zero-order valence-electron chi connectivity index (χ0n) is 12.4. The lowest BCUT2D eigenvalue weighted by atomic mass is 10.0. The molecule has 18 heavy (non-hydrogen) atoms. The summed E-state index contributed by atoms with van der Waals surface area (Å²) in [5, 5.41) is 0. The van der Waals surface area contributed by atoms with Crippen molar-refractivity contribution in [2.24, 2.45) is 5.92 Å². The van der Waals surface area contributed by atoms with Gasteiger partial charge in [0.05, 0.1) is 0 Å². The van der Waals surface area contributed by atoms with Gasteiger partial charge in [0, 0.05) is 20.1 Å². The summed E-state index contributed by atoms with van der Waals surface area (Å²) in [6.45, 7) is 7.14. The third-order valence-electron chi connectivity index (χ3n) is 3.27. The van der Waals surface area contributed by atoms with Crippen LogP contribution >= 0.6 is 0 Å². The molecule has 0 heterocycles. The van der Waals surface area contributed by atoms with Gasteiger partial charge in [0.1, 0.15) is 17.1 Å². The summed E-state index contributed by atoms with van der Waals surface area (Å²) >= 11 is 0. The molecule has 5 heteroatoms. The van der Waals surface area contributed by atoms with Gasteiger partial charge in [-0.2, -0.15) is 0 Å². The topological polar surface area (TPSA) is 52.6 Å².